The normalized spacial score (nSPS) is 11.3. The molecule has 0 spiro atoms. The number of alkyl halides is 3. The number of ether oxygens (including phenoxy) is 1. The number of halogens is 3. The van der Waals surface area contributed by atoms with Gasteiger partial charge in [0, 0.05) is 14.1 Å². The van der Waals surface area contributed by atoms with Crippen molar-refractivity contribution in [2.45, 2.75) is 6.18 Å². The summed E-state index contributed by atoms with van der Waals surface area (Å²) in [6.45, 7) is 0. The third kappa shape index (κ3) is 2.71. The molecule has 15 heavy (non-hydrogen) atoms. The Morgan fingerprint density at radius 3 is 2.27 bits per heavy atom. The van der Waals surface area contributed by atoms with Gasteiger partial charge in [0.1, 0.15) is 0 Å². The summed E-state index contributed by atoms with van der Waals surface area (Å²) in [5.74, 6) is -0.307. The number of methoxy groups -OCH3 is 1. The SMILES string of the molecule is COc1[c]c(C(F)(F)F)nc(N(C)C)n1. The smallest absolute Gasteiger partial charge is 0.434 e. The van der Waals surface area contributed by atoms with Gasteiger partial charge in [0.25, 0.3) is 0 Å². The van der Waals surface area contributed by atoms with E-state index in [1.165, 1.54) is 26.1 Å². The van der Waals surface area contributed by atoms with Crippen LogP contribution in [0.3, 0.4) is 0 Å². The highest BCUT2D eigenvalue weighted by Gasteiger charge is 2.34. The Balaban J connectivity index is 3.23. The molecule has 0 aliphatic heterocycles. The van der Waals surface area contributed by atoms with E-state index >= 15 is 0 Å². The molecule has 0 aliphatic carbocycles. The van der Waals surface area contributed by atoms with Crippen LogP contribution < -0.4 is 9.64 Å². The Bertz CT molecular complexity index is 351. The van der Waals surface area contributed by atoms with Gasteiger partial charge in [-0.3, -0.25) is 0 Å². The summed E-state index contributed by atoms with van der Waals surface area (Å²) in [5.41, 5.74) is -1.14. The van der Waals surface area contributed by atoms with Crippen LogP contribution in [0.4, 0.5) is 19.1 Å². The van der Waals surface area contributed by atoms with Crippen LogP contribution in [0.5, 0.6) is 5.88 Å². The molecule has 0 N–H and O–H groups in total. The molecule has 0 bridgehead atoms. The minimum Gasteiger partial charge on any atom is -0.480 e. The number of nitrogens with zero attached hydrogens (tertiary/aromatic N) is 3. The fourth-order valence-corrected chi connectivity index (χ4v) is 0.804. The molecule has 0 aliphatic rings. The highest BCUT2D eigenvalue weighted by atomic mass is 19.4. The van der Waals surface area contributed by atoms with Gasteiger partial charge in [-0.1, -0.05) is 0 Å². The first-order valence-electron chi connectivity index (χ1n) is 3.94. The molecule has 0 unspecified atom stereocenters. The number of hydrogen-bond donors (Lipinski definition) is 0. The zero-order valence-corrected chi connectivity index (χ0v) is 8.38. The van der Waals surface area contributed by atoms with E-state index in [1.54, 1.807) is 0 Å². The van der Waals surface area contributed by atoms with Crippen LogP contribution in [-0.4, -0.2) is 31.2 Å². The summed E-state index contributed by atoms with van der Waals surface area (Å²) in [4.78, 5) is 8.36. The van der Waals surface area contributed by atoms with E-state index in [-0.39, 0.29) is 11.8 Å². The van der Waals surface area contributed by atoms with Crippen molar-refractivity contribution in [3.63, 3.8) is 0 Å². The highest BCUT2D eigenvalue weighted by Crippen LogP contribution is 2.29. The van der Waals surface area contributed by atoms with Crippen LogP contribution in [-0.2, 0) is 6.18 Å². The van der Waals surface area contributed by atoms with E-state index in [1.807, 2.05) is 6.07 Å². The van der Waals surface area contributed by atoms with Crippen molar-refractivity contribution in [1.29, 1.82) is 0 Å². The van der Waals surface area contributed by atoms with Crippen LogP contribution in [0.2, 0.25) is 0 Å². The summed E-state index contributed by atoms with van der Waals surface area (Å²) < 4.78 is 41.7. The second-order valence-electron chi connectivity index (χ2n) is 2.90. The number of aromatic nitrogens is 2. The molecule has 0 saturated carbocycles. The minimum absolute atomic E-state index is 0.0714. The van der Waals surface area contributed by atoms with Gasteiger partial charge in [0.05, 0.1) is 13.2 Å². The minimum atomic E-state index is -4.55. The molecular weight excluding hydrogens is 211 g/mol. The molecule has 0 amide bonds. The van der Waals surface area contributed by atoms with Crippen LogP contribution in [0.1, 0.15) is 5.69 Å². The molecule has 0 saturated heterocycles. The zero-order chi connectivity index (χ0) is 11.6. The first-order valence-corrected chi connectivity index (χ1v) is 3.94. The van der Waals surface area contributed by atoms with Gasteiger partial charge in [-0.2, -0.15) is 18.2 Å². The van der Waals surface area contributed by atoms with Gasteiger partial charge < -0.3 is 9.64 Å². The third-order valence-electron chi connectivity index (χ3n) is 1.50. The molecule has 1 heterocycles. The number of anilines is 1. The molecule has 1 rings (SSSR count). The van der Waals surface area contributed by atoms with Crippen molar-refractivity contribution in [2.75, 3.05) is 26.1 Å². The topological polar surface area (TPSA) is 38.2 Å². The maximum absolute atomic E-state index is 12.4. The van der Waals surface area contributed by atoms with Crippen molar-refractivity contribution >= 4 is 5.95 Å². The average molecular weight is 220 g/mol. The maximum atomic E-state index is 12.4. The van der Waals surface area contributed by atoms with Gasteiger partial charge in [-0.25, -0.2) is 4.98 Å². The van der Waals surface area contributed by atoms with Crippen molar-refractivity contribution in [3.05, 3.63) is 11.8 Å². The fourth-order valence-electron chi connectivity index (χ4n) is 0.804. The fraction of sp³-hybridized carbons (Fsp3) is 0.500. The van der Waals surface area contributed by atoms with E-state index in [2.05, 4.69) is 14.7 Å². The van der Waals surface area contributed by atoms with Crippen LogP contribution >= 0.6 is 0 Å². The second-order valence-corrected chi connectivity index (χ2v) is 2.90. The molecular formula is C8H9F3N3O. The monoisotopic (exact) mass is 220 g/mol. The number of rotatable bonds is 2. The average Bonchev–Trinajstić information content (AvgIpc) is 2.15. The molecule has 1 aromatic rings. The quantitative estimate of drug-likeness (QED) is 0.754. The van der Waals surface area contributed by atoms with Crippen molar-refractivity contribution in [3.8, 4) is 5.88 Å². The Morgan fingerprint density at radius 2 is 1.87 bits per heavy atom. The molecule has 1 radical (unpaired) electrons. The summed E-state index contributed by atoms with van der Waals surface area (Å²) >= 11 is 0. The first kappa shape index (κ1) is 11.5. The first-order chi connectivity index (χ1) is 6.84. The van der Waals surface area contributed by atoms with E-state index in [9.17, 15) is 13.2 Å². The Hall–Kier alpha value is -1.53. The van der Waals surface area contributed by atoms with E-state index < -0.39 is 11.9 Å². The number of hydrogen-bond acceptors (Lipinski definition) is 4. The summed E-state index contributed by atoms with van der Waals surface area (Å²) in [6, 6.07) is 1.93. The molecule has 0 aromatic carbocycles. The molecule has 7 heteroatoms. The predicted molar refractivity (Wildman–Crippen MR) is 46.7 cm³/mol. The van der Waals surface area contributed by atoms with Crippen LogP contribution in [0, 0.1) is 6.07 Å². The predicted octanol–water partition coefficient (Wildman–Crippen LogP) is 1.37. The standard InChI is InChI=1S/C8H9F3N3O/c1-14(2)7-12-5(8(9,10)11)4-6(13-7)15-3/h1-3H3. The van der Waals surface area contributed by atoms with Gasteiger partial charge in [-0.05, 0) is 0 Å². The summed E-state index contributed by atoms with van der Waals surface area (Å²) in [6.07, 6.45) is -4.55. The highest BCUT2D eigenvalue weighted by molar-refractivity contribution is 5.32. The lowest BCUT2D eigenvalue weighted by Crippen LogP contribution is -2.17. The maximum Gasteiger partial charge on any atom is 0.434 e. The molecule has 1 aromatic heterocycles. The lowest BCUT2D eigenvalue weighted by Gasteiger charge is -2.13. The zero-order valence-electron chi connectivity index (χ0n) is 8.38. The van der Waals surface area contributed by atoms with E-state index in [4.69, 9.17) is 0 Å². The second kappa shape index (κ2) is 3.92. The summed E-state index contributed by atoms with van der Waals surface area (Å²) in [7, 11) is 4.29. The van der Waals surface area contributed by atoms with Crippen molar-refractivity contribution in [1.82, 2.24) is 9.97 Å². The van der Waals surface area contributed by atoms with E-state index in [0.717, 1.165) is 0 Å². The van der Waals surface area contributed by atoms with Gasteiger partial charge in [0.15, 0.2) is 5.69 Å². The van der Waals surface area contributed by atoms with Crippen molar-refractivity contribution < 1.29 is 17.9 Å². The Kier molecular flexibility index (Phi) is 3.01. The Labute approximate surface area is 84.7 Å². The van der Waals surface area contributed by atoms with Gasteiger partial charge >= 0.3 is 6.18 Å². The molecule has 0 atom stereocenters. The van der Waals surface area contributed by atoms with Crippen LogP contribution in [0.15, 0.2) is 0 Å². The van der Waals surface area contributed by atoms with Crippen molar-refractivity contribution in [2.24, 2.45) is 0 Å². The summed E-state index contributed by atoms with van der Waals surface area (Å²) in [5, 5.41) is 0. The molecule has 4 nitrogen and oxygen atoms in total. The molecule has 0 fully saturated rings. The third-order valence-corrected chi connectivity index (χ3v) is 1.50. The Morgan fingerprint density at radius 1 is 1.27 bits per heavy atom. The largest absolute Gasteiger partial charge is 0.480 e. The van der Waals surface area contributed by atoms with Crippen LogP contribution in [0.25, 0.3) is 0 Å². The molecule has 83 valence electrons. The lowest BCUT2D eigenvalue weighted by molar-refractivity contribution is -0.141. The van der Waals surface area contributed by atoms with E-state index in [0.29, 0.717) is 0 Å². The van der Waals surface area contributed by atoms with Gasteiger partial charge in [0.2, 0.25) is 11.8 Å². The van der Waals surface area contributed by atoms with Gasteiger partial charge in [-0.15, -0.1) is 0 Å². The lowest BCUT2D eigenvalue weighted by atomic mass is 10.4.